The first-order chi connectivity index (χ1) is 6.74. The van der Waals surface area contributed by atoms with Crippen molar-refractivity contribution in [3.05, 3.63) is 36.1 Å². The van der Waals surface area contributed by atoms with Crippen molar-refractivity contribution >= 4 is 10.8 Å². The average Bonchev–Trinajstić information content (AvgIpc) is 2.23. The lowest BCUT2D eigenvalue weighted by Gasteiger charge is -2.06. The Morgan fingerprint density at radius 3 is 2.71 bits per heavy atom. The van der Waals surface area contributed by atoms with E-state index in [-0.39, 0.29) is 11.5 Å². The van der Waals surface area contributed by atoms with Crippen LogP contribution < -0.4 is 4.74 Å². The Morgan fingerprint density at radius 2 is 2.00 bits per heavy atom. The number of hydrogen-bond donors (Lipinski definition) is 1. The molecule has 72 valence electrons. The standard InChI is InChI=1S/C11H9FO2/c1-14-9-6-7-4-2-3-5-8(7)11(13)10(9)12/h2-6,13H,1H3. The van der Waals surface area contributed by atoms with Crippen molar-refractivity contribution in [2.45, 2.75) is 0 Å². The first-order valence-corrected chi connectivity index (χ1v) is 4.18. The zero-order valence-electron chi connectivity index (χ0n) is 7.62. The lowest BCUT2D eigenvalue weighted by atomic mass is 10.1. The molecule has 0 aliphatic rings. The molecule has 3 heteroatoms. The van der Waals surface area contributed by atoms with E-state index in [9.17, 15) is 9.50 Å². The van der Waals surface area contributed by atoms with E-state index < -0.39 is 5.82 Å². The maximum absolute atomic E-state index is 13.4. The van der Waals surface area contributed by atoms with Gasteiger partial charge >= 0.3 is 0 Å². The molecule has 2 nitrogen and oxygen atoms in total. The van der Waals surface area contributed by atoms with Gasteiger partial charge in [-0.1, -0.05) is 24.3 Å². The van der Waals surface area contributed by atoms with Gasteiger partial charge in [0.05, 0.1) is 7.11 Å². The maximum atomic E-state index is 13.4. The molecule has 0 bridgehead atoms. The van der Waals surface area contributed by atoms with Gasteiger partial charge in [-0.3, -0.25) is 0 Å². The van der Waals surface area contributed by atoms with Crippen molar-refractivity contribution in [2.75, 3.05) is 7.11 Å². The van der Waals surface area contributed by atoms with Crippen molar-refractivity contribution in [3.63, 3.8) is 0 Å². The van der Waals surface area contributed by atoms with E-state index in [1.54, 1.807) is 24.3 Å². The lowest BCUT2D eigenvalue weighted by molar-refractivity contribution is 0.367. The number of benzene rings is 2. The summed E-state index contributed by atoms with van der Waals surface area (Å²) in [7, 11) is 1.37. The van der Waals surface area contributed by atoms with E-state index in [2.05, 4.69) is 0 Å². The van der Waals surface area contributed by atoms with Crippen LogP contribution in [0, 0.1) is 5.82 Å². The number of phenolic OH excluding ortho intramolecular Hbond substituents is 1. The van der Waals surface area contributed by atoms with Crippen molar-refractivity contribution in [1.82, 2.24) is 0 Å². The summed E-state index contributed by atoms with van der Waals surface area (Å²) in [6, 6.07) is 8.57. The van der Waals surface area contributed by atoms with Crippen LogP contribution in [0.5, 0.6) is 11.5 Å². The minimum atomic E-state index is -0.716. The van der Waals surface area contributed by atoms with Crippen LogP contribution in [0.25, 0.3) is 10.8 Å². The van der Waals surface area contributed by atoms with Crippen LogP contribution in [0.1, 0.15) is 0 Å². The molecule has 2 aromatic rings. The highest BCUT2D eigenvalue weighted by molar-refractivity contribution is 5.89. The molecule has 0 amide bonds. The fourth-order valence-corrected chi connectivity index (χ4v) is 1.43. The molecule has 0 atom stereocenters. The normalized spacial score (nSPS) is 10.4. The summed E-state index contributed by atoms with van der Waals surface area (Å²) >= 11 is 0. The fourth-order valence-electron chi connectivity index (χ4n) is 1.43. The predicted molar refractivity (Wildman–Crippen MR) is 52.1 cm³/mol. The zero-order chi connectivity index (χ0) is 10.1. The van der Waals surface area contributed by atoms with Crippen molar-refractivity contribution in [3.8, 4) is 11.5 Å². The molecule has 0 aromatic heterocycles. The summed E-state index contributed by atoms with van der Waals surface area (Å²) in [6.07, 6.45) is 0. The van der Waals surface area contributed by atoms with Gasteiger partial charge in [0.25, 0.3) is 0 Å². The Balaban J connectivity index is 2.85. The van der Waals surface area contributed by atoms with E-state index in [0.29, 0.717) is 5.39 Å². The van der Waals surface area contributed by atoms with Crippen molar-refractivity contribution < 1.29 is 14.2 Å². The molecule has 0 aliphatic carbocycles. The first-order valence-electron chi connectivity index (χ1n) is 4.18. The molecule has 2 aromatic carbocycles. The number of methoxy groups -OCH3 is 1. The number of rotatable bonds is 1. The number of phenols is 1. The Kier molecular flexibility index (Phi) is 2.00. The molecule has 14 heavy (non-hydrogen) atoms. The van der Waals surface area contributed by atoms with Crippen LogP contribution in [-0.4, -0.2) is 12.2 Å². The molecule has 0 fully saturated rings. The van der Waals surface area contributed by atoms with Crippen LogP contribution in [0.15, 0.2) is 30.3 Å². The van der Waals surface area contributed by atoms with Crippen LogP contribution >= 0.6 is 0 Å². The second-order valence-electron chi connectivity index (χ2n) is 2.96. The van der Waals surface area contributed by atoms with Gasteiger partial charge in [-0.25, -0.2) is 0 Å². The molecular weight excluding hydrogens is 183 g/mol. The number of fused-ring (bicyclic) bond motifs is 1. The van der Waals surface area contributed by atoms with Crippen molar-refractivity contribution in [2.24, 2.45) is 0 Å². The summed E-state index contributed by atoms with van der Waals surface area (Å²) in [6.45, 7) is 0. The smallest absolute Gasteiger partial charge is 0.207 e. The van der Waals surface area contributed by atoms with Crippen molar-refractivity contribution in [1.29, 1.82) is 0 Å². The summed E-state index contributed by atoms with van der Waals surface area (Å²) in [5, 5.41) is 10.8. The molecule has 0 radical (unpaired) electrons. The van der Waals surface area contributed by atoms with Gasteiger partial charge in [0.1, 0.15) is 0 Å². The SMILES string of the molecule is COc1cc2ccccc2c(O)c1F. The highest BCUT2D eigenvalue weighted by Gasteiger charge is 2.11. The second-order valence-corrected chi connectivity index (χ2v) is 2.96. The van der Waals surface area contributed by atoms with Gasteiger partial charge in [0.15, 0.2) is 11.5 Å². The largest absolute Gasteiger partial charge is 0.504 e. The van der Waals surface area contributed by atoms with Gasteiger partial charge in [0, 0.05) is 5.39 Å². The summed E-state index contributed by atoms with van der Waals surface area (Å²) in [4.78, 5) is 0. The third-order valence-electron chi connectivity index (χ3n) is 2.15. The Morgan fingerprint density at radius 1 is 1.29 bits per heavy atom. The van der Waals surface area contributed by atoms with Crippen LogP contribution in [0.2, 0.25) is 0 Å². The number of hydrogen-bond acceptors (Lipinski definition) is 2. The maximum Gasteiger partial charge on any atom is 0.207 e. The molecule has 0 aliphatic heterocycles. The molecule has 0 spiro atoms. The third-order valence-corrected chi connectivity index (χ3v) is 2.15. The quantitative estimate of drug-likeness (QED) is 0.752. The molecule has 2 rings (SSSR count). The highest BCUT2D eigenvalue weighted by Crippen LogP contribution is 2.34. The summed E-state index contributed by atoms with van der Waals surface area (Å²) in [5.41, 5.74) is 0. The van der Waals surface area contributed by atoms with E-state index in [0.717, 1.165) is 5.39 Å². The van der Waals surface area contributed by atoms with E-state index in [1.807, 2.05) is 6.07 Å². The second kappa shape index (κ2) is 3.18. The molecular formula is C11H9FO2. The molecule has 0 unspecified atom stereocenters. The summed E-state index contributed by atoms with van der Waals surface area (Å²) in [5.74, 6) is -1.02. The van der Waals surface area contributed by atoms with E-state index in [1.165, 1.54) is 7.11 Å². The van der Waals surface area contributed by atoms with Gasteiger partial charge in [-0.2, -0.15) is 4.39 Å². The monoisotopic (exact) mass is 192 g/mol. The molecule has 0 saturated carbocycles. The van der Waals surface area contributed by atoms with Gasteiger partial charge < -0.3 is 9.84 Å². The Bertz CT molecular complexity index is 480. The zero-order valence-corrected chi connectivity index (χ0v) is 7.62. The fraction of sp³-hybridized carbons (Fsp3) is 0.0909. The van der Waals surface area contributed by atoms with Gasteiger partial charge in [-0.05, 0) is 11.5 Å². The third kappa shape index (κ3) is 1.18. The number of aromatic hydroxyl groups is 1. The van der Waals surface area contributed by atoms with Gasteiger partial charge in [0.2, 0.25) is 5.82 Å². The van der Waals surface area contributed by atoms with E-state index >= 15 is 0 Å². The van der Waals surface area contributed by atoms with Gasteiger partial charge in [-0.15, -0.1) is 0 Å². The minimum Gasteiger partial charge on any atom is -0.504 e. The first kappa shape index (κ1) is 8.81. The predicted octanol–water partition coefficient (Wildman–Crippen LogP) is 2.69. The number of ether oxygens (including phenoxy) is 1. The van der Waals surface area contributed by atoms with Crippen LogP contribution in [0.4, 0.5) is 4.39 Å². The number of halogens is 1. The Labute approximate surface area is 80.6 Å². The Hall–Kier alpha value is -1.77. The average molecular weight is 192 g/mol. The minimum absolute atomic E-state index is 0.0567. The molecule has 0 saturated heterocycles. The van der Waals surface area contributed by atoms with E-state index in [4.69, 9.17) is 4.74 Å². The highest BCUT2D eigenvalue weighted by atomic mass is 19.1. The summed E-state index contributed by atoms with van der Waals surface area (Å²) < 4.78 is 18.2. The lowest BCUT2D eigenvalue weighted by Crippen LogP contribution is -1.89. The molecule has 1 N–H and O–H groups in total. The molecule has 0 heterocycles. The van der Waals surface area contributed by atoms with Crippen LogP contribution in [-0.2, 0) is 0 Å². The topological polar surface area (TPSA) is 29.5 Å². The van der Waals surface area contributed by atoms with Crippen LogP contribution in [0.3, 0.4) is 0 Å².